The van der Waals surface area contributed by atoms with E-state index < -0.39 is 0 Å². The minimum atomic E-state index is 0.554. The van der Waals surface area contributed by atoms with Gasteiger partial charge in [-0.15, -0.1) is 0 Å². The van der Waals surface area contributed by atoms with Gasteiger partial charge >= 0.3 is 0 Å². The van der Waals surface area contributed by atoms with Gasteiger partial charge in [-0.2, -0.15) is 10.2 Å². The highest BCUT2D eigenvalue weighted by atomic mass is 32.1. The van der Waals surface area contributed by atoms with E-state index in [1.807, 2.05) is 53.7 Å². The predicted molar refractivity (Wildman–Crippen MR) is 108 cm³/mol. The van der Waals surface area contributed by atoms with Crippen molar-refractivity contribution in [2.75, 3.05) is 5.32 Å². The van der Waals surface area contributed by atoms with Crippen LogP contribution in [0.2, 0.25) is 0 Å². The molecular weight excluding hydrogens is 344 g/mol. The molecule has 0 saturated heterocycles. The standard InChI is InChI=1S/C19H24N6S/c1-4-24-13-17(15(3)22-24)11-20-19(26)21-18-10-14(2)25(23-18)12-16-8-6-5-7-9-16/h5-10,13H,4,11-12H2,1-3H3,(H2,20,21,23,26). The van der Waals surface area contributed by atoms with E-state index in [0.717, 1.165) is 35.9 Å². The van der Waals surface area contributed by atoms with Gasteiger partial charge in [0.1, 0.15) is 0 Å². The first-order chi connectivity index (χ1) is 12.5. The van der Waals surface area contributed by atoms with Crippen LogP contribution in [0.1, 0.15) is 29.4 Å². The van der Waals surface area contributed by atoms with Crippen molar-refractivity contribution in [3.05, 3.63) is 65.1 Å². The Morgan fingerprint density at radius 1 is 1.15 bits per heavy atom. The number of hydrogen-bond acceptors (Lipinski definition) is 3. The molecule has 1 aromatic carbocycles. The first-order valence-corrected chi connectivity index (χ1v) is 9.12. The smallest absolute Gasteiger partial charge is 0.172 e. The van der Waals surface area contributed by atoms with Crippen LogP contribution in [0.25, 0.3) is 0 Å². The number of thiocarbonyl (C=S) groups is 1. The molecule has 0 aliphatic heterocycles. The lowest BCUT2D eigenvalue weighted by Gasteiger charge is -2.08. The zero-order chi connectivity index (χ0) is 18.5. The van der Waals surface area contributed by atoms with Crippen molar-refractivity contribution in [1.82, 2.24) is 24.9 Å². The number of aromatic nitrogens is 4. The molecule has 2 aromatic heterocycles. The molecule has 7 heteroatoms. The molecule has 6 nitrogen and oxygen atoms in total. The molecule has 0 aliphatic rings. The van der Waals surface area contributed by atoms with Gasteiger partial charge in [0.2, 0.25) is 0 Å². The molecule has 0 spiro atoms. The Labute approximate surface area is 159 Å². The van der Waals surface area contributed by atoms with Crippen LogP contribution >= 0.6 is 12.2 Å². The number of aryl methyl sites for hydroxylation is 3. The van der Waals surface area contributed by atoms with Gasteiger partial charge in [0.25, 0.3) is 0 Å². The van der Waals surface area contributed by atoms with Gasteiger partial charge in [-0.25, -0.2) is 0 Å². The zero-order valence-electron chi connectivity index (χ0n) is 15.4. The van der Waals surface area contributed by atoms with Crippen molar-refractivity contribution >= 4 is 23.1 Å². The van der Waals surface area contributed by atoms with Crippen LogP contribution in [0.15, 0.2) is 42.6 Å². The number of nitrogens with one attached hydrogen (secondary N) is 2. The van der Waals surface area contributed by atoms with Gasteiger partial charge in [0, 0.05) is 36.6 Å². The van der Waals surface area contributed by atoms with Crippen molar-refractivity contribution < 1.29 is 0 Å². The summed E-state index contributed by atoms with van der Waals surface area (Å²) in [6, 6.07) is 12.3. The first-order valence-electron chi connectivity index (χ1n) is 8.71. The lowest BCUT2D eigenvalue weighted by atomic mass is 10.2. The molecular formula is C19H24N6S. The Balaban J connectivity index is 1.57. The maximum Gasteiger partial charge on any atom is 0.172 e. The lowest BCUT2D eigenvalue weighted by Crippen LogP contribution is -2.28. The molecule has 0 atom stereocenters. The molecule has 3 rings (SSSR count). The third-order valence-corrected chi connectivity index (χ3v) is 4.46. The molecule has 0 saturated carbocycles. The van der Waals surface area contributed by atoms with E-state index in [2.05, 4.69) is 39.9 Å². The molecule has 136 valence electrons. The molecule has 0 radical (unpaired) electrons. The molecule has 3 aromatic rings. The number of rotatable bonds is 6. The Morgan fingerprint density at radius 2 is 1.92 bits per heavy atom. The van der Waals surface area contributed by atoms with Gasteiger partial charge in [-0.05, 0) is 38.6 Å². The quantitative estimate of drug-likeness (QED) is 0.654. The fourth-order valence-corrected chi connectivity index (χ4v) is 2.90. The summed E-state index contributed by atoms with van der Waals surface area (Å²) in [4.78, 5) is 0. The normalized spacial score (nSPS) is 10.7. The topological polar surface area (TPSA) is 59.7 Å². The number of anilines is 1. The Hall–Kier alpha value is -2.67. The molecule has 0 amide bonds. The molecule has 0 aliphatic carbocycles. The van der Waals surface area contributed by atoms with Gasteiger partial charge in [-0.1, -0.05) is 30.3 Å². The average molecular weight is 369 g/mol. The monoisotopic (exact) mass is 368 g/mol. The summed E-state index contributed by atoms with van der Waals surface area (Å²) >= 11 is 5.40. The summed E-state index contributed by atoms with van der Waals surface area (Å²) in [6.45, 7) is 8.37. The van der Waals surface area contributed by atoms with Gasteiger partial charge < -0.3 is 10.6 Å². The number of nitrogens with zero attached hydrogens (tertiary/aromatic N) is 4. The van der Waals surface area contributed by atoms with Crippen molar-refractivity contribution in [2.45, 2.75) is 40.4 Å². The van der Waals surface area contributed by atoms with Crippen molar-refractivity contribution in [3.8, 4) is 0 Å². The number of hydrogen-bond donors (Lipinski definition) is 2. The first kappa shape index (κ1) is 18.1. The minimum Gasteiger partial charge on any atom is -0.358 e. The second kappa shape index (κ2) is 8.14. The largest absolute Gasteiger partial charge is 0.358 e. The summed E-state index contributed by atoms with van der Waals surface area (Å²) in [6.07, 6.45) is 2.05. The van der Waals surface area contributed by atoms with E-state index in [1.54, 1.807) is 0 Å². The van der Waals surface area contributed by atoms with Crippen LogP contribution in [0.3, 0.4) is 0 Å². The highest BCUT2D eigenvalue weighted by Gasteiger charge is 2.08. The van der Waals surface area contributed by atoms with Gasteiger partial charge in [0.05, 0.1) is 12.2 Å². The second-order valence-corrected chi connectivity index (χ2v) is 6.63. The summed E-state index contributed by atoms with van der Waals surface area (Å²) in [7, 11) is 0. The fraction of sp³-hybridized carbons (Fsp3) is 0.316. The van der Waals surface area contributed by atoms with Crippen LogP contribution in [-0.2, 0) is 19.6 Å². The highest BCUT2D eigenvalue weighted by Crippen LogP contribution is 2.11. The molecule has 0 unspecified atom stereocenters. The molecule has 2 heterocycles. The van der Waals surface area contributed by atoms with E-state index in [1.165, 1.54) is 5.56 Å². The Morgan fingerprint density at radius 3 is 2.62 bits per heavy atom. The maximum absolute atomic E-state index is 5.40. The third kappa shape index (κ3) is 4.49. The highest BCUT2D eigenvalue weighted by molar-refractivity contribution is 7.80. The summed E-state index contributed by atoms with van der Waals surface area (Å²) in [5.41, 5.74) is 4.46. The zero-order valence-corrected chi connectivity index (χ0v) is 16.2. The van der Waals surface area contributed by atoms with E-state index >= 15 is 0 Å². The lowest BCUT2D eigenvalue weighted by molar-refractivity contribution is 0.653. The summed E-state index contributed by atoms with van der Waals surface area (Å²) in [5.74, 6) is 0.747. The molecule has 0 fully saturated rings. The molecule has 0 bridgehead atoms. The number of benzene rings is 1. The third-order valence-electron chi connectivity index (χ3n) is 4.21. The van der Waals surface area contributed by atoms with Crippen LogP contribution < -0.4 is 10.6 Å². The molecule has 26 heavy (non-hydrogen) atoms. The van der Waals surface area contributed by atoms with E-state index in [-0.39, 0.29) is 0 Å². The fourth-order valence-electron chi connectivity index (χ4n) is 2.72. The van der Waals surface area contributed by atoms with Crippen molar-refractivity contribution in [3.63, 3.8) is 0 Å². The average Bonchev–Trinajstić information content (AvgIpc) is 3.16. The predicted octanol–water partition coefficient (Wildman–Crippen LogP) is 3.25. The molecule has 2 N–H and O–H groups in total. The van der Waals surface area contributed by atoms with Crippen LogP contribution in [0.4, 0.5) is 5.82 Å². The van der Waals surface area contributed by atoms with Crippen LogP contribution in [-0.4, -0.2) is 24.7 Å². The van der Waals surface area contributed by atoms with Crippen LogP contribution in [0, 0.1) is 13.8 Å². The van der Waals surface area contributed by atoms with Crippen molar-refractivity contribution in [1.29, 1.82) is 0 Å². The van der Waals surface area contributed by atoms with Gasteiger partial charge in [-0.3, -0.25) is 9.36 Å². The van der Waals surface area contributed by atoms with Crippen LogP contribution in [0.5, 0.6) is 0 Å². The van der Waals surface area contributed by atoms with E-state index in [9.17, 15) is 0 Å². The van der Waals surface area contributed by atoms with Crippen molar-refractivity contribution in [2.24, 2.45) is 0 Å². The summed E-state index contributed by atoms with van der Waals surface area (Å²) in [5, 5.41) is 16.0. The Bertz CT molecular complexity index is 881. The Kier molecular flexibility index (Phi) is 5.68. The maximum atomic E-state index is 5.40. The van der Waals surface area contributed by atoms with E-state index in [4.69, 9.17) is 12.2 Å². The minimum absolute atomic E-state index is 0.554. The second-order valence-electron chi connectivity index (χ2n) is 6.22. The SMILES string of the molecule is CCn1cc(CNC(=S)Nc2cc(C)n(Cc3ccccc3)n2)c(C)n1. The van der Waals surface area contributed by atoms with Gasteiger partial charge in [0.15, 0.2) is 10.9 Å². The summed E-state index contributed by atoms with van der Waals surface area (Å²) < 4.78 is 3.90. The van der Waals surface area contributed by atoms with E-state index in [0.29, 0.717) is 11.7 Å².